The van der Waals surface area contributed by atoms with Gasteiger partial charge in [0.25, 0.3) is 0 Å². The summed E-state index contributed by atoms with van der Waals surface area (Å²) >= 11 is 0. The minimum atomic E-state index is 0.158. The fourth-order valence-electron chi connectivity index (χ4n) is 2.96. The minimum absolute atomic E-state index is 0.158. The Balaban J connectivity index is 1.78. The highest BCUT2D eigenvalue weighted by atomic mass is 16.2. The summed E-state index contributed by atoms with van der Waals surface area (Å²) in [6.45, 7) is 2.67. The van der Waals surface area contributed by atoms with Crippen molar-refractivity contribution >= 4 is 5.91 Å². The number of rotatable bonds is 4. The molecular weight excluding hydrogens is 200 g/mol. The van der Waals surface area contributed by atoms with Crippen LogP contribution >= 0.6 is 0 Å². The van der Waals surface area contributed by atoms with Crippen LogP contribution in [0.5, 0.6) is 0 Å². The monoisotopic (exact) mass is 222 g/mol. The van der Waals surface area contributed by atoms with E-state index >= 15 is 0 Å². The molecule has 90 valence electrons. The van der Waals surface area contributed by atoms with Gasteiger partial charge in [0.2, 0.25) is 5.91 Å². The van der Waals surface area contributed by atoms with Gasteiger partial charge in [-0.1, -0.05) is 12.2 Å². The molecule has 0 aromatic rings. The zero-order chi connectivity index (χ0) is 11.7. The van der Waals surface area contributed by atoms with Crippen LogP contribution in [0.3, 0.4) is 0 Å². The first-order chi connectivity index (χ1) is 7.58. The standard InChI is InChI=1S/C13H22N2O/c1-9(14-8-13(16)15(2)3)12-7-10-4-5-11(12)6-10/h4-5,9-12,14H,6-8H2,1-3H3. The predicted molar refractivity (Wildman–Crippen MR) is 65.0 cm³/mol. The van der Waals surface area contributed by atoms with E-state index < -0.39 is 0 Å². The van der Waals surface area contributed by atoms with Crippen molar-refractivity contribution in [3.63, 3.8) is 0 Å². The Morgan fingerprint density at radius 1 is 1.44 bits per heavy atom. The summed E-state index contributed by atoms with van der Waals surface area (Å²) in [7, 11) is 3.60. The molecule has 2 aliphatic carbocycles. The zero-order valence-corrected chi connectivity index (χ0v) is 10.4. The summed E-state index contributed by atoms with van der Waals surface area (Å²) < 4.78 is 0. The fourth-order valence-corrected chi connectivity index (χ4v) is 2.96. The number of nitrogens with one attached hydrogen (secondary N) is 1. The van der Waals surface area contributed by atoms with E-state index in [2.05, 4.69) is 24.4 Å². The third-order valence-electron chi connectivity index (χ3n) is 4.05. The predicted octanol–water partition coefficient (Wildman–Crippen LogP) is 1.26. The number of hydrogen-bond acceptors (Lipinski definition) is 2. The van der Waals surface area contributed by atoms with Crippen LogP contribution in [0.2, 0.25) is 0 Å². The third-order valence-corrected chi connectivity index (χ3v) is 4.05. The van der Waals surface area contributed by atoms with Crippen molar-refractivity contribution in [2.45, 2.75) is 25.8 Å². The molecule has 2 rings (SSSR count). The minimum Gasteiger partial charge on any atom is -0.348 e. The molecule has 0 saturated heterocycles. The summed E-state index contributed by atoms with van der Waals surface area (Å²) in [6.07, 6.45) is 7.35. The van der Waals surface area contributed by atoms with Crippen LogP contribution in [0, 0.1) is 17.8 Å². The Kier molecular flexibility index (Phi) is 3.33. The number of carbonyl (C=O) groups is 1. The van der Waals surface area contributed by atoms with Crippen molar-refractivity contribution < 1.29 is 4.79 Å². The smallest absolute Gasteiger partial charge is 0.236 e. The molecule has 1 saturated carbocycles. The van der Waals surface area contributed by atoms with Gasteiger partial charge in [0.05, 0.1) is 6.54 Å². The summed E-state index contributed by atoms with van der Waals surface area (Å²) in [5.41, 5.74) is 0. The van der Waals surface area contributed by atoms with E-state index in [0.717, 1.165) is 17.8 Å². The Hall–Kier alpha value is -0.830. The van der Waals surface area contributed by atoms with Gasteiger partial charge in [-0.05, 0) is 37.5 Å². The van der Waals surface area contributed by atoms with Crippen LogP contribution in [0.4, 0.5) is 0 Å². The van der Waals surface area contributed by atoms with E-state index in [9.17, 15) is 4.79 Å². The van der Waals surface area contributed by atoms with Gasteiger partial charge in [0, 0.05) is 20.1 Å². The van der Waals surface area contributed by atoms with Gasteiger partial charge < -0.3 is 10.2 Å². The van der Waals surface area contributed by atoms with Gasteiger partial charge in [-0.3, -0.25) is 4.79 Å². The molecule has 1 N–H and O–H groups in total. The fraction of sp³-hybridized carbons (Fsp3) is 0.769. The van der Waals surface area contributed by atoms with Gasteiger partial charge in [-0.2, -0.15) is 0 Å². The van der Waals surface area contributed by atoms with E-state index in [-0.39, 0.29) is 5.91 Å². The van der Waals surface area contributed by atoms with E-state index in [1.165, 1.54) is 12.8 Å². The second-order valence-corrected chi connectivity index (χ2v) is 5.40. The maximum atomic E-state index is 11.5. The molecule has 16 heavy (non-hydrogen) atoms. The molecule has 1 amide bonds. The van der Waals surface area contributed by atoms with E-state index in [1.54, 1.807) is 19.0 Å². The molecule has 0 radical (unpaired) electrons. The van der Waals surface area contributed by atoms with Gasteiger partial charge in [0.15, 0.2) is 0 Å². The lowest BCUT2D eigenvalue weighted by Gasteiger charge is -2.26. The lowest BCUT2D eigenvalue weighted by Crippen LogP contribution is -2.41. The van der Waals surface area contributed by atoms with E-state index in [1.807, 2.05) is 0 Å². The molecule has 0 aromatic heterocycles. The highest BCUT2D eigenvalue weighted by Gasteiger charge is 2.38. The molecule has 3 heteroatoms. The quantitative estimate of drug-likeness (QED) is 0.726. The van der Waals surface area contributed by atoms with Gasteiger partial charge in [-0.25, -0.2) is 0 Å². The van der Waals surface area contributed by atoms with Gasteiger partial charge in [-0.15, -0.1) is 0 Å². The summed E-state index contributed by atoms with van der Waals surface area (Å²) in [5.74, 6) is 2.45. The molecule has 4 atom stereocenters. The van der Waals surface area contributed by atoms with E-state index in [0.29, 0.717) is 12.6 Å². The second kappa shape index (κ2) is 4.58. The van der Waals surface area contributed by atoms with Gasteiger partial charge >= 0.3 is 0 Å². The van der Waals surface area contributed by atoms with Crippen molar-refractivity contribution in [1.29, 1.82) is 0 Å². The molecule has 0 heterocycles. The van der Waals surface area contributed by atoms with Crippen LogP contribution in [0.1, 0.15) is 19.8 Å². The van der Waals surface area contributed by atoms with Crippen LogP contribution in [0.15, 0.2) is 12.2 Å². The topological polar surface area (TPSA) is 32.3 Å². The summed E-state index contributed by atoms with van der Waals surface area (Å²) in [5, 5.41) is 3.37. The molecule has 0 aromatic carbocycles. The van der Waals surface area contributed by atoms with E-state index in [4.69, 9.17) is 0 Å². The molecule has 1 fully saturated rings. The number of hydrogen-bond donors (Lipinski definition) is 1. The number of fused-ring (bicyclic) bond motifs is 2. The van der Waals surface area contributed by atoms with Crippen molar-refractivity contribution in [2.24, 2.45) is 17.8 Å². The average Bonchev–Trinajstić information content (AvgIpc) is 2.86. The number of amides is 1. The Labute approximate surface area is 97.9 Å². The average molecular weight is 222 g/mol. The Morgan fingerprint density at radius 3 is 2.69 bits per heavy atom. The van der Waals surface area contributed by atoms with Crippen molar-refractivity contribution in [3.8, 4) is 0 Å². The summed E-state index contributed by atoms with van der Waals surface area (Å²) in [6, 6.07) is 0.448. The van der Waals surface area contributed by atoms with Crippen LogP contribution in [-0.2, 0) is 4.79 Å². The third kappa shape index (κ3) is 2.29. The molecule has 2 aliphatic rings. The van der Waals surface area contributed by atoms with Crippen LogP contribution < -0.4 is 5.32 Å². The first-order valence-corrected chi connectivity index (χ1v) is 6.19. The zero-order valence-electron chi connectivity index (χ0n) is 10.4. The molecule has 2 bridgehead atoms. The SMILES string of the molecule is CC(NCC(=O)N(C)C)C1CC2C=CC1C2. The maximum Gasteiger partial charge on any atom is 0.236 e. The molecule has 0 spiro atoms. The molecule has 0 aliphatic heterocycles. The Bertz CT molecular complexity index is 298. The lowest BCUT2D eigenvalue weighted by atomic mass is 9.87. The number of carbonyl (C=O) groups excluding carboxylic acids is 1. The van der Waals surface area contributed by atoms with Crippen molar-refractivity contribution in [3.05, 3.63) is 12.2 Å². The first-order valence-electron chi connectivity index (χ1n) is 6.19. The van der Waals surface area contributed by atoms with Crippen molar-refractivity contribution in [1.82, 2.24) is 10.2 Å². The molecule has 3 nitrogen and oxygen atoms in total. The first kappa shape index (κ1) is 11.6. The van der Waals surface area contributed by atoms with Crippen LogP contribution in [-0.4, -0.2) is 37.5 Å². The van der Waals surface area contributed by atoms with Crippen molar-refractivity contribution in [2.75, 3.05) is 20.6 Å². The number of nitrogens with zero attached hydrogens (tertiary/aromatic N) is 1. The maximum absolute atomic E-state index is 11.5. The number of likely N-dealkylation sites (N-methyl/N-ethyl adjacent to an activating group) is 1. The van der Waals surface area contributed by atoms with Crippen LogP contribution in [0.25, 0.3) is 0 Å². The second-order valence-electron chi connectivity index (χ2n) is 5.40. The largest absolute Gasteiger partial charge is 0.348 e. The normalized spacial score (nSPS) is 33.1. The van der Waals surface area contributed by atoms with Gasteiger partial charge in [0.1, 0.15) is 0 Å². The molecular formula is C13H22N2O. The summed E-state index contributed by atoms with van der Waals surface area (Å²) in [4.78, 5) is 13.1. The lowest BCUT2D eigenvalue weighted by molar-refractivity contribution is -0.127. The Morgan fingerprint density at radius 2 is 2.19 bits per heavy atom. The highest BCUT2D eigenvalue weighted by Crippen LogP contribution is 2.44. The number of allylic oxidation sites excluding steroid dienone is 2. The molecule has 4 unspecified atom stereocenters. The highest BCUT2D eigenvalue weighted by molar-refractivity contribution is 5.77.